The Morgan fingerprint density at radius 2 is 2.00 bits per heavy atom. The molecule has 5 nitrogen and oxygen atoms in total. The molecule has 2 aromatic rings. The van der Waals surface area contributed by atoms with Crippen LogP contribution in [0.5, 0.6) is 0 Å². The molecule has 0 atom stereocenters. The predicted octanol–water partition coefficient (Wildman–Crippen LogP) is 0.666. The van der Waals surface area contributed by atoms with Crippen LogP contribution in [0.25, 0.3) is 10.9 Å². The van der Waals surface area contributed by atoms with Crippen LogP contribution in [0.4, 0.5) is 0 Å². The normalized spacial score (nSPS) is 9.47. The summed E-state index contributed by atoms with van der Waals surface area (Å²) in [5.41, 5.74) is -0.164. The second-order valence-electron chi connectivity index (χ2n) is 2.85. The Morgan fingerprint density at radius 1 is 1.27 bits per heavy atom. The SMILES string of the molecule is N#Cc1c(C#N)c2ccncc2[nH]c1=O. The van der Waals surface area contributed by atoms with Crippen LogP contribution in [0.15, 0.2) is 23.3 Å². The smallest absolute Gasteiger partial charge is 0.267 e. The zero-order valence-corrected chi connectivity index (χ0v) is 7.48. The highest BCUT2D eigenvalue weighted by atomic mass is 16.1. The van der Waals surface area contributed by atoms with E-state index in [0.717, 1.165) is 0 Å². The molecule has 15 heavy (non-hydrogen) atoms. The zero-order chi connectivity index (χ0) is 10.8. The average Bonchev–Trinajstić information content (AvgIpc) is 2.27. The van der Waals surface area contributed by atoms with Crippen molar-refractivity contribution in [1.29, 1.82) is 10.5 Å². The van der Waals surface area contributed by atoms with E-state index < -0.39 is 5.56 Å². The highest BCUT2D eigenvalue weighted by Crippen LogP contribution is 2.15. The highest BCUT2D eigenvalue weighted by molar-refractivity contribution is 5.85. The van der Waals surface area contributed by atoms with Crippen LogP contribution in [0.3, 0.4) is 0 Å². The first-order valence-corrected chi connectivity index (χ1v) is 4.08. The Balaban J connectivity index is 3.08. The molecule has 0 saturated carbocycles. The molecule has 0 aliphatic heterocycles. The van der Waals surface area contributed by atoms with Gasteiger partial charge in [0.15, 0.2) is 0 Å². The number of hydrogen-bond acceptors (Lipinski definition) is 4. The molecule has 0 bridgehead atoms. The molecule has 2 aromatic heterocycles. The number of aromatic amines is 1. The monoisotopic (exact) mass is 196 g/mol. The van der Waals surface area contributed by atoms with E-state index in [1.165, 1.54) is 12.4 Å². The maximum atomic E-state index is 11.4. The molecule has 2 rings (SSSR count). The summed E-state index contributed by atoms with van der Waals surface area (Å²) < 4.78 is 0. The van der Waals surface area contributed by atoms with Gasteiger partial charge >= 0.3 is 0 Å². The number of nitrogens with zero attached hydrogens (tertiary/aromatic N) is 3. The van der Waals surface area contributed by atoms with E-state index in [4.69, 9.17) is 10.5 Å². The van der Waals surface area contributed by atoms with Crippen molar-refractivity contribution >= 4 is 10.9 Å². The molecule has 70 valence electrons. The molecule has 0 spiro atoms. The number of H-pyrrole nitrogens is 1. The fourth-order valence-corrected chi connectivity index (χ4v) is 1.37. The first-order valence-electron chi connectivity index (χ1n) is 4.08. The van der Waals surface area contributed by atoms with Gasteiger partial charge < -0.3 is 4.98 Å². The standard InChI is InChI=1S/C10H4N4O/c11-3-7-6-1-2-13-5-9(6)14-10(15)8(7)4-12/h1-2,5H,(H,14,15). The minimum atomic E-state index is -0.561. The van der Waals surface area contributed by atoms with Gasteiger partial charge in [0.05, 0.1) is 17.3 Å². The van der Waals surface area contributed by atoms with E-state index in [2.05, 4.69) is 9.97 Å². The van der Waals surface area contributed by atoms with Gasteiger partial charge in [-0.15, -0.1) is 0 Å². The van der Waals surface area contributed by atoms with Crippen molar-refractivity contribution < 1.29 is 0 Å². The molecule has 0 amide bonds. The Morgan fingerprint density at radius 3 is 2.67 bits per heavy atom. The molecular formula is C10H4N4O. The van der Waals surface area contributed by atoms with Crippen molar-refractivity contribution in [3.63, 3.8) is 0 Å². The fraction of sp³-hybridized carbons (Fsp3) is 0. The minimum absolute atomic E-state index is 0.0960. The lowest BCUT2D eigenvalue weighted by molar-refractivity contribution is 1.23. The number of nitrogens with one attached hydrogen (secondary N) is 1. The molecule has 0 aliphatic carbocycles. The van der Waals surface area contributed by atoms with Crippen LogP contribution in [0.1, 0.15) is 11.1 Å². The number of nitriles is 2. The summed E-state index contributed by atoms with van der Waals surface area (Å²) >= 11 is 0. The Bertz CT molecular complexity index is 672. The highest BCUT2D eigenvalue weighted by Gasteiger charge is 2.11. The third-order valence-electron chi connectivity index (χ3n) is 2.04. The van der Waals surface area contributed by atoms with Gasteiger partial charge in [-0.25, -0.2) is 0 Å². The molecular weight excluding hydrogens is 192 g/mol. The van der Waals surface area contributed by atoms with Crippen LogP contribution in [0.2, 0.25) is 0 Å². The Kier molecular flexibility index (Phi) is 1.93. The Labute approximate surface area is 84.2 Å². The van der Waals surface area contributed by atoms with Gasteiger partial charge in [-0.05, 0) is 6.07 Å². The number of pyridine rings is 2. The largest absolute Gasteiger partial charge is 0.319 e. The summed E-state index contributed by atoms with van der Waals surface area (Å²) in [6.45, 7) is 0. The van der Waals surface area contributed by atoms with Crippen molar-refractivity contribution in [3.05, 3.63) is 39.9 Å². The van der Waals surface area contributed by atoms with Crippen LogP contribution >= 0.6 is 0 Å². The van der Waals surface area contributed by atoms with Crippen molar-refractivity contribution in [2.75, 3.05) is 0 Å². The molecule has 0 aliphatic rings. The van der Waals surface area contributed by atoms with Crippen molar-refractivity contribution in [1.82, 2.24) is 9.97 Å². The van der Waals surface area contributed by atoms with E-state index in [1.54, 1.807) is 12.1 Å². The molecule has 2 heterocycles. The van der Waals surface area contributed by atoms with Crippen LogP contribution < -0.4 is 5.56 Å². The van der Waals surface area contributed by atoms with E-state index >= 15 is 0 Å². The molecule has 0 fully saturated rings. The number of aromatic nitrogens is 2. The fourth-order valence-electron chi connectivity index (χ4n) is 1.37. The van der Waals surface area contributed by atoms with Gasteiger partial charge in [0.25, 0.3) is 5.56 Å². The maximum absolute atomic E-state index is 11.4. The van der Waals surface area contributed by atoms with Gasteiger partial charge in [-0.3, -0.25) is 9.78 Å². The molecule has 0 saturated heterocycles. The van der Waals surface area contributed by atoms with Gasteiger partial charge in [0.1, 0.15) is 17.7 Å². The van der Waals surface area contributed by atoms with Crippen LogP contribution in [-0.4, -0.2) is 9.97 Å². The third kappa shape index (κ3) is 1.23. The summed E-state index contributed by atoms with van der Waals surface area (Å²) in [6, 6.07) is 5.17. The first kappa shape index (κ1) is 8.92. The van der Waals surface area contributed by atoms with Gasteiger partial charge in [0, 0.05) is 11.6 Å². The molecule has 0 aromatic carbocycles. The Hall–Kier alpha value is -2.66. The predicted molar refractivity (Wildman–Crippen MR) is 51.8 cm³/mol. The van der Waals surface area contributed by atoms with E-state index in [9.17, 15) is 4.79 Å². The number of fused-ring (bicyclic) bond motifs is 1. The van der Waals surface area contributed by atoms with Crippen molar-refractivity contribution in [3.8, 4) is 12.1 Å². The van der Waals surface area contributed by atoms with Crippen LogP contribution in [-0.2, 0) is 0 Å². The quantitative estimate of drug-likeness (QED) is 0.669. The second kappa shape index (κ2) is 3.24. The molecule has 5 heteroatoms. The summed E-state index contributed by atoms with van der Waals surface area (Å²) in [6.07, 6.45) is 2.95. The lowest BCUT2D eigenvalue weighted by Crippen LogP contribution is -2.12. The zero-order valence-electron chi connectivity index (χ0n) is 7.48. The lowest BCUT2D eigenvalue weighted by Gasteiger charge is -1.99. The van der Waals surface area contributed by atoms with Gasteiger partial charge in [-0.2, -0.15) is 10.5 Å². The van der Waals surface area contributed by atoms with E-state index in [1.807, 2.05) is 6.07 Å². The molecule has 0 unspecified atom stereocenters. The lowest BCUT2D eigenvalue weighted by atomic mass is 10.1. The summed E-state index contributed by atoms with van der Waals surface area (Å²) in [4.78, 5) is 17.7. The van der Waals surface area contributed by atoms with Crippen LogP contribution in [0, 0.1) is 22.7 Å². The first-order chi connectivity index (χ1) is 7.27. The van der Waals surface area contributed by atoms with E-state index in [0.29, 0.717) is 10.9 Å². The average molecular weight is 196 g/mol. The van der Waals surface area contributed by atoms with Crippen molar-refractivity contribution in [2.45, 2.75) is 0 Å². The third-order valence-corrected chi connectivity index (χ3v) is 2.04. The summed E-state index contributed by atoms with van der Waals surface area (Å²) in [5, 5.41) is 18.2. The molecule has 1 N–H and O–H groups in total. The number of rotatable bonds is 0. The second-order valence-corrected chi connectivity index (χ2v) is 2.85. The molecule has 0 radical (unpaired) electrons. The summed E-state index contributed by atoms with van der Waals surface area (Å²) in [7, 11) is 0. The maximum Gasteiger partial charge on any atom is 0.267 e. The minimum Gasteiger partial charge on any atom is -0.319 e. The number of hydrogen-bond donors (Lipinski definition) is 1. The van der Waals surface area contributed by atoms with E-state index in [-0.39, 0.29) is 11.1 Å². The van der Waals surface area contributed by atoms with Gasteiger partial charge in [-0.1, -0.05) is 0 Å². The topological polar surface area (TPSA) is 93.3 Å². The van der Waals surface area contributed by atoms with Crippen molar-refractivity contribution in [2.24, 2.45) is 0 Å². The van der Waals surface area contributed by atoms with Gasteiger partial charge in [0.2, 0.25) is 0 Å². The summed E-state index contributed by atoms with van der Waals surface area (Å²) in [5.74, 6) is 0.